The summed E-state index contributed by atoms with van der Waals surface area (Å²) in [4.78, 5) is 8.40. The van der Waals surface area contributed by atoms with Crippen molar-refractivity contribution in [1.82, 2.24) is 9.97 Å². The molecule has 0 aliphatic rings. The fraction of sp³-hybridized carbons (Fsp3) is 0.0909. The number of rotatable bonds is 2. The fourth-order valence-corrected chi connectivity index (χ4v) is 1.59. The standard InChI is InChI=1S/C11H10ClFN4/c1-6-4-10(17-14)16-11(15-6)7-2-3-9(13)8(12)5-7/h2-5H,14H2,1H3,(H,15,16,17). The zero-order chi connectivity index (χ0) is 12.4. The van der Waals surface area contributed by atoms with Crippen LogP contribution in [0.2, 0.25) is 5.02 Å². The van der Waals surface area contributed by atoms with E-state index in [4.69, 9.17) is 17.4 Å². The highest BCUT2D eigenvalue weighted by molar-refractivity contribution is 6.31. The van der Waals surface area contributed by atoms with Crippen LogP contribution >= 0.6 is 11.6 Å². The largest absolute Gasteiger partial charge is 0.308 e. The fourth-order valence-electron chi connectivity index (χ4n) is 1.41. The minimum atomic E-state index is -0.472. The van der Waals surface area contributed by atoms with Crippen molar-refractivity contribution in [3.8, 4) is 11.4 Å². The van der Waals surface area contributed by atoms with E-state index >= 15 is 0 Å². The van der Waals surface area contributed by atoms with Crippen LogP contribution in [0.15, 0.2) is 24.3 Å². The summed E-state index contributed by atoms with van der Waals surface area (Å²) in [7, 11) is 0. The average molecular weight is 253 g/mol. The molecule has 4 nitrogen and oxygen atoms in total. The van der Waals surface area contributed by atoms with Crippen LogP contribution < -0.4 is 11.3 Å². The first-order valence-corrected chi connectivity index (χ1v) is 5.25. The molecule has 0 atom stereocenters. The highest BCUT2D eigenvalue weighted by Crippen LogP contribution is 2.23. The molecule has 0 aliphatic heterocycles. The van der Waals surface area contributed by atoms with Gasteiger partial charge in [-0.15, -0.1) is 0 Å². The van der Waals surface area contributed by atoms with Gasteiger partial charge in [0.05, 0.1) is 5.02 Å². The number of benzene rings is 1. The quantitative estimate of drug-likeness (QED) is 0.637. The van der Waals surface area contributed by atoms with E-state index in [0.717, 1.165) is 5.69 Å². The smallest absolute Gasteiger partial charge is 0.161 e. The summed E-state index contributed by atoms with van der Waals surface area (Å²) in [5.41, 5.74) is 3.83. The first-order valence-electron chi connectivity index (χ1n) is 4.88. The molecule has 1 heterocycles. The van der Waals surface area contributed by atoms with Gasteiger partial charge in [0.25, 0.3) is 0 Å². The Morgan fingerprint density at radius 2 is 2.06 bits per heavy atom. The lowest BCUT2D eigenvalue weighted by Crippen LogP contribution is -2.10. The molecule has 6 heteroatoms. The van der Waals surface area contributed by atoms with Gasteiger partial charge in [-0.05, 0) is 25.1 Å². The van der Waals surface area contributed by atoms with E-state index in [0.29, 0.717) is 17.2 Å². The Labute approximate surface area is 103 Å². The number of nitrogens with two attached hydrogens (primary N) is 1. The number of aryl methyl sites for hydroxylation is 1. The van der Waals surface area contributed by atoms with Crippen molar-refractivity contribution in [2.75, 3.05) is 5.43 Å². The zero-order valence-corrected chi connectivity index (χ0v) is 9.79. The maximum Gasteiger partial charge on any atom is 0.161 e. The topological polar surface area (TPSA) is 63.8 Å². The van der Waals surface area contributed by atoms with Gasteiger partial charge in [-0.2, -0.15) is 0 Å². The van der Waals surface area contributed by atoms with Gasteiger partial charge in [0.1, 0.15) is 11.6 Å². The molecule has 3 N–H and O–H groups in total. The van der Waals surface area contributed by atoms with E-state index in [2.05, 4.69) is 15.4 Å². The first kappa shape index (κ1) is 11.8. The van der Waals surface area contributed by atoms with Gasteiger partial charge in [-0.25, -0.2) is 20.2 Å². The molecule has 0 bridgehead atoms. The van der Waals surface area contributed by atoms with Crippen LogP contribution in [0.5, 0.6) is 0 Å². The summed E-state index contributed by atoms with van der Waals surface area (Å²) in [5.74, 6) is 5.76. The minimum Gasteiger partial charge on any atom is -0.308 e. The number of halogens is 2. The molecule has 0 saturated carbocycles. The highest BCUT2D eigenvalue weighted by atomic mass is 35.5. The van der Waals surface area contributed by atoms with Crippen LogP contribution in [0, 0.1) is 12.7 Å². The third-order valence-corrected chi connectivity index (χ3v) is 2.47. The van der Waals surface area contributed by atoms with Crippen molar-refractivity contribution in [2.45, 2.75) is 6.92 Å². The van der Waals surface area contributed by atoms with Gasteiger partial charge in [-0.3, -0.25) is 0 Å². The summed E-state index contributed by atoms with van der Waals surface area (Å²) in [6.45, 7) is 1.82. The summed E-state index contributed by atoms with van der Waals surface area (Å²) in [5, 5.41) is 0.0369. The third kappa shape index (κ3) is 2.51. The van der Waals surface area contributed by atoms with Crippen molar-refractivity contribution in [3.05, 3.63) is 40.8 Å². The van der Waals surface area contributed by atoms with Crippen molar-refractivity contribution in [1.29, 1.82) is 0 Å². The van der Waals surface area contributed by atoms with E-state index in [1.807, 2.05) is 6.92 Å². The molecule has 2 rings (SSSR count). The number of hydrazine groups is 1. The van der Waals surface area contributed by atoms with Crippen LogP contribution in [0.4, 0.5) is 10.2 Å². The van der Waals surface area contributed by atoms with Gasteiger partial charge < -0.3 is 5.43 Å². The molecule has 0 unspecified atom stereocenters. The highest BCUT2D eigenvalue weighted by Gasteiger charge is 2.07. The molecule has 17 heavy (non-hydrogen) atoms. The molecule has 1 aromatic carbocycles. The van der Waals surface area contributed by atoms with Crippen molar-refractivity contribution in [3.63, 3.8) is 0 Å². The van der Waals surface area contributed by atoms with Crippen molar-refractivity contribution >= 4 is 17.4 Å². The predicted octanol–water partition coefficient (Wildman–Crippen LogP) is 2.53. The van der Waals surface area contributed by atoms with E-state index < -0.39 is 5.82 Å². The molecule has 1 aromatic heterocycles. The number of hydrogen-bond donors (Lipinski definition) is 2. The Bertz CT molecular complexity index is 559. The number of nitrogen functional groups attached to an aromatic ring is 1. The van der Waals surface area contributed by atoms with Crippen LogP contribution in [0.3, 0.4) is 0 Å². The number of nitrogens with zero attached hydrogens (tertiary/aromatic N) is 2. The lowest BCUT2D eigenvalue weighted by molar-refractivity contribution is 0.628. The lowest BCUT2D eigenvalue weighted by atomic mass is 10.2. The molecule has 0 amide bonds. The minimum absolute atomic E-state index is 0.0369. The van der Waals surface area contributed by atoms with Crippen LogP contribution in [0.25, 0.3) is 11.4 Å². The van der Waals surface area contributed by atoms with Crippen LogP contribution in [0.1, 0.15) is 5.69 Å². The predicted molar refractivity (Wildman–Crippen MR) is 65.0 cm³/mol. The van der Waals surface area contributed by atoms with Gasteiger partial charge in [0.2, 0.25) is 0 Å². The molecule has 0 saturated heterocycles. The van der Waals surface area contributed by atoms with E-state index in [9.17, 15) is 4.39 Å². The maximum atomic E-state index is 13.0. The Morgan fingerprint density at radius 1 is 1.29 bits per heavy atom. The van der Waals surface area contributed by atoms with Crippen molar-refractivity contribution < 1.29 is 4.39 Å². The van der Waals surface area contributed by atoms with E-state index in [1.54, 1.807) is 12.1 Å². The van der Waals surface area contributed by atoms with Crippen LogP contribution in [-0.2, 0) is 0 Å². The number of nitrogens with one attached hydrogen (secondary N) is 1. The number of hydrogen-bond acceptors (Lipinski definition) is 4. The van der Waals surface area contributed by atoms with E-state index in [1.165, 1.54) is 12.1 Å². The van der Waals surface area contributed by atoms with Gasteiger partial charge in [0.15, 0.2) is 5.82 Å². The summed E-state index contributed by atoms with van der Waals surface area (Å²) in [6, 6.07) is 6.02. The zero-order valence-electron chi connectivity index (χ0n) is 9.04. The Morgan fingerprint density at radius 3 is 2.71 bits per heavy atom. The van der Waals surface area contributed by atoms with Gasteiger partial charge in [0, 0.05) is 17.3 Å². The van der Waals surface area contributed by atoms with Gasteiger partial charge >= 0.3 is 0 Å². The Kier molecular flexibility index (Phi) is 3.21. The molecular formula is C11H10ClFN4. The average Bonchev–Trinajstić information content (AvgIpc) is 2.32. The Balaban J connectivity index is 2.52. The monoisotopic (exact) mass is 252 g/mol. The summed E-state index contributed by atoms with van der Waals surface area (Å²) >= 11 is 5.71. The van der Waals surface area contributed by atoms with Crippen molar-refractivity contribution in [2.24, 2.45) is 5.84 Å². The maximum absolute atomic E-state index is 13.0. The molecule has 0 aliphatic carbocycles. The molecule has 0 radical (unpaired) electrons. The summed E-state index contributed by atoms with van der Waals surface area (Å²) in [6.07, 6.45) is 0. The molecule has 0 spiro atoms. The van der Waals surface area contributed by atoms with Crippen LogP contribution in [-0.4, -0.2) is 9.97 Å². The second-order valence-corrected chi connectivity index (χ2v) is 3.90. The van der Waals surface area contributed by atoms with Gasteiger partial charge in [-0.1, -0.05) is 11.6 Å². The SMILES string of the molecule is Cc1cc(NN)nc(-c2ccc(F)c(Cl)c2)n1. The Hall–Kier alpha value is -1.72. The lowest BCUT2D eigenvalue weighted by Gasteiger charge is -2.05. The molecular weight excluding hydrogens is 243 g/mol. The second-order valence-electron chi connectivity index (χ2n) is 3.49. The number of aromatic nitrogens is 2. The number of anilines is 1. The molecule has 88 valence electrons. The van der Waals surface area contributed by atoms with E-state index in [-0.39, 0.29) is 5.02 Å². The molecule has 2 aromatic rings. The normalized spacial score (nSPS) is 10.4. The summed E-state index contributed by atoms with van der Waals surface area (Å²) < 4.78 is 13.0. The molecule has 0 fully saturated rings. The first-order chi connectivity index (χ1) is 8.10. The second kappa shape index (κ2) is 4.65. The third-order valence-electron chi connectivity index (χ3n) is 2.18.